The monoisotopic (exact) mass is 414 g/mol. The first kappa shape index (κ1) is 25.9. The Morgan fingerprint density at radius 1 is 0.933 bits per heavy atom. The number of nitrogens with zero attached hydrogens (tertiary/aromatic N) is 1. The van der Waals surface area contributed by atoms with Crippen LogP contribution in [-0.2, 0) is 4.79 Å². The van der Waals surface area contributed by atoms with E-state index in [0.717, 1.165) is 24.2 Å². The quantitative estimate of drug-likeness (QED) is 0.113. The third-order valence-corrected chi connectivity index (χ3v) is 5.18. The van der Waals surface area contributed by atoms with Crippen molar-refractivity contribution in [3.63, 3.8) is 0 Å². The van der Waals surface area contributed by atoms with E-state index < -0.39 is 0 Å². The van der Waals surface area contributed by atoms with E-state index >= 15 is 0 Å². The van der Waals surface area contributed by atoms with Gasteiger partial charge in [-0.25, -0.2) is 5.43 Å². The molecule has 0 bridgehead atoms. The number of hydrazone groups is 1. The van der Waals surface area contributed by atoms with Gasteiger partial charge in [0.25, 0.3) is 0 Å². The van der Waals surface area contributed by atoms with Gasteiger partial charge in [-0.2, -0.15) is 5.10 Å². The maximum atomic E-state index is 11.9. The van der Waals surface area contributed by atoms with Crippen molar-refractivity contribution in [2.75, 3.05) is 6.61 Å². The number of ether oxygens (including phenoxy) is 1. The van der Waals surface area contributed by atoms with Crippen molar-refractivity contribution in [3.05, 3.63) is 42.5 Å². The summed E-state index contributed by atoms with van der Waals surface area (Å²) < 4.78 is 5.57. The van der Waals surface area contributed by atoms with Crippen LogP contribution < -0.4 is 10.2 Å². The van der Waals surface area contributed by atoms with Gasteiger partial charge in [-0.05, 0) is 18.6 Å². The van der Waals surface area contributed by atoms with Gasteiger partial charge in [0, 0.05) is 12.0 Å². The van der Waals surface area contributed by atoms with Crippen molar-refractivity contribution in [2.45, 2.75) is 96.8 Å². The van der Waals surface area contributed by atoms with E-state index in [1.807, 2.05) is 24.3 Å². The first-order valence-corrected chi connectivity index (χ1v) is 11.9. The number of hydrogen-bond acceptors (Lipinski definition) is 3. The maximum absolute atomic E-state index is 11.9. The Bertz CT molecular complexity index is 598. The second-order valence-corrected chi connectivity index (χ2v) is 7.92. The van der Waals surface area contributed by atoms with Crippen LogP contribution >= 0.6 is 0 Å². The summed E-state index contributed by atoms with van der Waals surface area (Å²) in [5.74, 6) is 0.700. The molecule has 4 nitrogen and oxygen atoms in total. The minimum absolute atomic E-state index is 0.0289. The van der Waals surface area contributed by atoms with Gasteiger partial charge in [0.05, 0.1) is 6.21 Å². The molecule has 1 rings (SSSR count). The zero-order chi connectivity index (χ0) is 21.7. The third-order valence-electron chi connectivity index (χ3n) is 5.18. The lowest BCUT2D eigenvalue weighted by Crippen LogP contribution is -2.17. The molecule has 1 aromatic carbocycles. The number of para-hydroxylation sites is 1. The van der Waals surface area contributed by atoms with Gasteiger partial charge in [0.1, 0.15) is 12.4 Å². The lowest BCUT2D eigenvalue weighted by Gasteiger charge is -2.06. The van der Waals surface area contributed by atoms with E-state index in [0.29, 0.717) is 13.0 Å². The largest absolute Gasteiger partial charge is 0.489 e. The van der Waals surface area contributed by atoms with E-state index in [2.05, 4.69) is 24.0 Å². The second kappa shape index (κ2) is 18.9. The second-order valence-electron chi connectivity index (χ2n) is 7.92. The summed E-state index contributed by atoms with van der Waals surface area (Å²) in [5.41, 5.74) is 3.45. The molecule has 0 radical (unpaired) electrons. The number of benzene rings is 1. The fraction of sp³-hybridized carbons (Fsp3) is 0.615. The summed E-state index contributed by atoms with van der Waals surface area (Å²) in [4.78, 5) is 11.9. The molecule has 1 amide bonds. The molecule has 0 saturated heterocycles. The topological polar surface area (TPSA) is 50.7 Å². The highest BCUT2D eigenvalue weighted by molar-refractivity contribution is 5.85. The Balaban J connectivity index is 2.00. The Morgan fingerprint density at radius 2 is 1.50 bits per heavy atom. The molecule has 0 saturated carbocycles. The molecule has 0 aliphatic rings. The first-order valence-electron chi connectivity index (χ1n) is 11.9. The number of carbonyl (C=O) groups excluding carboxylic acids is 1. The Morgan fingerprint density at radius 3 is 2.10 bits per heavy atom. The van der Waals surface area contributed by atoms with Crippen LogP contribution in [0.1, 0.15) is 102 Å². The third kappa shape index (κ3) is 14.0. The number of nitrogens with one attached hydrogen (secondary N) is 1. The van der Waals surface area contributed by atoms with Gasteiger partial charge in [-0.3, -0.25) is 4.79 Å². The highest BCUT2D eigenvalue weighted by Crippen LogP contribution is 2.16. The van der Waals surface area contributed by atoms with Gasteiger partial charge < -0.3 is 4.74 Å². The Labute approximate surface area is 184 Å². The number of hydrogen-bond donors (Lipinski definition) is 1. The van der Waals surface area contributed by atoms with E-state index in [1.165, 1.54) is 70.6 Å². The maximum Gasteiger partial charge on any atom is 0.240 e. The molecule has 168 valence electrons. The average Bonchev–Trinajstić information content (AvgIpc) is 2.76. The molecule has 0 aliphatic heterocycles. The predicted octanol–water partition coefficient (Wildman–Crippen LogP) is 7.18. The highest BCUT2D eigenvalue weighted by Gasteiger charge is 2.02. The van der Waals surface area contributed by atoms with Crippen LogP contribution in [0.2, 0.25) is 0 Å². The molecular weight excluding hydrogens is 372 g/mol. The first-order chi connectivity index (χ1) is 14.8. The lowest BCUT2D eigenvalue weighted by molar-refractivity contribution is -0.121. The van der Waals surface area contributed by atoms with E-state index in [4.69, 9.17) is 4.74 Å². The molecule has 0 fully saturated rings. The lowest BCUT2D eigenvalue weighted by atomic mass is 10.0. The smallest absolute Gasteiger partial charge is 0.240 e. The van der Waals surface area contributed by atoms with Crippen LogP contribution in [0.3, 0.4) is 0 Å². The summed E-state index contributed by atoms with van der Waals surface area (Å²) in [7, 11) is 0. The minimum Gasteiger partial charge on any atom is -0.489 e. The van der Waals surface area contributed by atoms with Gasteiger partial charge in [-0.1, -0.05) is 109 Å². The van der Waals surface area contributed by atoms with Crippen molar-refractivity contribution in [1.29, 1.82) is 0 Å². The molecule has 0 spiro atoms. The van der Waals surface area contributed by atoms with E-state index in [9.17, 15) is 4.79 Å². The summed E-state index contributed by atoms with van der Waals surface area (Å²) in [6.45, 7) is 6.36. The number of amides is 1. The van der Waals surface area contributed by atoms with Crippen LogP contribution in [0.4, 0.5) is 0 Å². The number of rotatable bonds is 19. The van der Waals surface area contributed by atoms with Crippen molar-refractivity contribution >= 4 is 12.1 Å². The molecule has 4 heteroatoms. The van der Waals surface area contributed by atoms with E-state index in [-0.39, 0.29) is 5.91 Å². The minimum atomic E-state index is -0.0289. The molecule has 0 atom stereocenters. The molecule has 0 aromatic heterocycles. The van der Waals surface area contributed by atoms with E-state index in [1.54, 1.807) is 12.3 Å². The fourth-order valence-electron chi connectivity index (χ4n) is 3.40. The van der Waals surface area contributed by atoms with Crippen LogP contribution in [0, 0.1) is 0 Å². The summed E-state index contributed by atoms with van der Waals surface area (Å²) in [6, 6.07) is 7.60. The molecular formula is C26H42N2O2. The van der Waals surface area contributed by atoms with Crippen LogP contribution in [0.15, 0.2) is 42.0 Å². The normalized spacial score (nSPS) is 11.0. The summed E-state index contributed by atoms with van der Waals surface area (Å²) >= 11 is 0. The van der Waals surface area contributed by atoms with Crippen molar-refractivity contribution in [2.24, 2.45) is 5.10 Å². The molecule has 30 heavy (non-hydrogen) atoms. The van der Waals surface area contributed by atoms with Crippen LogP contribution in [0.5, 0.6) is 5.75 Å². The molecule has 0 aliphatic carbocycles. The van der Waals surface area contributed by atoms with Gasteiger partial charge in [0.2, 0.25) is 5.91 Å². The summed E-state index contributed by atoms with van der Waals surface area (Å²) in [5, 5.41) is 4.06. The molecule has 1 N–H and O–H groups in total. The van der Waals surface area contributed by atoms with Gasteiger partial charge in [0.15, 0.2) is 0 Å². The zero-order valence-corrected chi connectivity index (χ0v) is 19.0. The van der Waals surface area contributed by atoms with Crippen molar-refractivity contribution in [1.82, 2.24) is 5.43 Å². The molecule has 1 aromatic rings. The number of unbranched alkanes of at least 4 members (excludes halogenated alkanes) is 12. The van der Waals surface area contributed by atoms with Gasteiger partial charge in [-0.15, -0.1) is 0 Å². The zero-order valence-electron chi connectivity index (χ0n) is 19.0. The van der Waals surface area contributed by atoms with Crippen LogP contribution in [-0.4, -0.2) is 18.7 Å². The molecule has 0 heterocycles. The highest BCUT2D eigenvalue weighted by atomic mass is 16.5. The average molecular weight is 415 g/mol. The van der Waals surface area contributed by atoms with Crippen LogP contribution in [0.25, 0.3) is 0 Å². The predicted molar refractivity (Wildman–Crippen MR) is 128 cm³/mol. The Hall–Kier alpha value is -2.10. The number of carbonyl (C=O) groups is 1. The molecule has 0 unspecified atom stereocenters. The fourth-order valence-corrected chi connectivity index (χ4v) is 3.40. The van der Waals surface area contributed by atoms with Gasteiger partial charge >= 0.3 is 0 Å². The Kier molecular flexibility index (Phi) is 16.3. The van der Waals surface area contributed by atoms with Crippen molar-refractivity contribution in [3.8, 4) is 5.75 Å². The summed E-state index contributed by atoms with van der Waals surface area (Å²) in [6.07, 6.45) is 20.8. The van der Waals surface area contributed by atoms with Crippen molar-refractivity contribution < 1.29 is 9.53 Å². The SMILES string of the molecule is C=CCOc1ccccc1/C=N\NC(=O)CCCCCCCCCCCCCCC. The standard InChI is InChI=1S/C26H42N2O2/c1-3-5-6-7-8-9-10-11-12-13-14-15-16-21-26(29)28-27-23-24-19-17-18-20-25(24)30-22-4-2/h4,17-20,23H,2-3,5-16,21-22H2,1H3,(H,28,29)/b27-23-.